The smallest absolute Gasteiger partial charge is 0.254 e. The molecule has 2 rings (SSSR count). The van der Waals surface area contributed by atoms with Crippen LogP contribution in [0.25, 0.3) is 0 Å². The first-order valence-corrected chi connectivity index (χ1v) is 6.71. The highest BCUT2D eigenvalue weighted by molar-refractivity contribution is 5.94. The number of methoxy groups -OCH3 is 1. The topological polar surface area (TPSA) is 29.5 Å². The van der Waals surface area contributed by atoms with Crippen molar-refractivity contribution in [1.82, 2.24) is 4.90 Å². The number of amides is 1. The van der Waals surface area contributed by atoms with E-state index < -0.39 is 0 Å². The fourth-order valence-electron chi connectivity index (χ4n) is 2.59. The normalized spacial score (nSPS) is 19.7. The number of carbonyl (C=O) groups excluding carboxylic acids is 1. The Morgan fingerprint density at radius 3 is 2.67 bits per heavy atom. The second kappa shape index (κ2) is 5.89. The number of nitrogens with zero attached hydrogens (tertiary/aromatic N) is 1. The van der Waals surface area contributed by atoms with Crippen molar-refractivity contribution < 1.29 is 9.53 Å². The summed E-state index contributed by atoms with van der Waals surface area (Å²) >= 11 is 0. The van der Waals surface area contributed by atoms with Gasteiger partial charge in [0.1, 0.15) is 5.75 Å². The molecule has 0 aliphatic carbocycles. The lowest BCUT2D eigenvalue weighted by atomic mass is 9.99. The van der Waals surface area contributed by atoms with Crippen LogP contribution in [0, 0.1) is 0 Å². The fraction of sp³-hybridized carbons (Fsp3) is 0.533. The molecular formula is C15H21NO2. The third-order valence-electron chi connectivity index (χ3n) is 3.70. The first-order valence-electron chi connectivity index (χ1n) is 6.71. The van der Waals surface area contributed by atoms with Gasteiger partial charge in [0.2, 0.25) is 0 Å². The first-order chi connectivity index (χ1) is 8.76. The number of hydrogen-bond acceptors (Lipinski definition) is 2. The molecule has 1 amide bonds. The van der Waals surface area contributed by atoms with E-state index in [2.05, 4.69) is 6.92 Å². The number of hydrogen-bond donors (Lipinski definition) is 0. The predicted molar refractivity (Wildman–Crippen MR) is 72.0 cm³/mol. The van der Waals surface area contributed by atoms with Crippen molar-refractivity contribution in [2.75, 3.05) is 13.7 Å². The van der Waals surface area contributed by atoms with Gasteiger partial charge in [-0.1, -0.05) is 6.92 Å². The van der Waals surface area contributed by atoms with Gasteiger partial charge in [-0.25, -0.2) is 0 Å². The monoisotopic (exact) mass is 247 g/mol. The quantitative estimate of drug-likeness (QED) is 0.821. The van der Waals surface area contributed by atoms with Crippen molar-refractivity contribution in [3.63, 3.8) is 0 Å². The summed E-state index contributed by atoms with van der Waals surface area (Å²) in [7, 11) is 1.63. The third-order valence-corrected chi connectivity index (χ3v) is 3.70. The summed E-state index contributed by atoms with van der Waals surface area (Å²) in [6, 6.07) is 7.80. The van der Waals surface area contributed by atoms with Gasteiger partial charge in [-0.2, -0.15) is 0 Å². The fourth-order valence-corrected chi connectivity index (χ4v) is 2.59. The first kappa shape index (κ1) is 12.9. The average molecular weight is 247 g/mol. The second-order valence-corrected chi connectivity index (χ2v) is 4.78. The number of piperidine rings is 1. The van der Waals surface area contributed by atoms with Crippen molar-refractivity contribution in [2.24, 2.45) is 0 Å². The molecule has 1 fully saturated rings. The zero-order valence-corrected chi connectivity index (χ0v) is 11.2. The molecule has 1 heterocycles. The molecule has 1 saturated heterocycles. The Kier molecular flexibility index (Phi) is 4.24. The largest absolute Gasteiger partial charge is 0.497 e. The molecule has 1 aromatic rings. The molecule has 0 spiro atoms. The predicted octanol–water partition coefficient (Wildman–Crippen LogP) is 3.10. The van der Waals surface area contributed by atoms with Crippen LogP contribution in [0.5, 0.6) is 5.75 Å². The van der Waals surface area contributed by atoms with Crippen molar-refractivity contribution in [3.8, 4) is 5.75 Å². The Balaban J connectivity index is 2.13. The van der Waals surface area contributed by atoms with E-state index >= 15 is 0 Å². The molecule has 0 N–H and O–H groups in total. The molecule has 1 atom stereocenters. The second-order valence-electron chi connectivity index (χ2n) is 4.78. The van der Waals surface area contributed by atoms with E-state index in [1.807, 2.05) is 29.2 Å². The summed E-state index contributed by atoms with van der Waals surface area (Å²) in [5.74, 6) is 0.946. The Labute approximate surface area is 109 Å². The van der Waals surface area contributed by atoms with Gasteiger partial charge in [-0.15, -0.1) is 0 Å². The minimum Gasteiger partial charge on any atom is -0.497 e. The molecule has 0 saturated carbocycles. The molecule has 98 valence electrons. The lowest BCUT2D eigenvalue weighted by molar-refractivity contribution is 0.0608. The van der Waals surface area contributed by atoms with Gasteiger partial charge in [0.15, 0.2) is 0 Å². The molecule has 1 aliphatic heterocycles. The number of likely N-dealkylation sites (tertiary alicyclic amines) is 1. The Hall–Kier alpha value is -1.51. The van der Waals surface area contributed by atoms with E-state index in [1.165, 1.54) is 6.42 Å². The van der Waals surface area contributed by atoms with E-state index in [4.69, 9.17) is 4.74 Å². The molecule has 3 nitrogen and oxygen atoms in total. The van der Waals surface area contributed by atoms with Crippen LogP contribution in [-0.2, 0) is 0 Å². The van der Waals surface area contributed by atoms with Gasteiger partial charge in [-0.05, 0) is 49.9 Å². The van der Waals surface area contributed by atoms with Gasteiger partial charge >= 0.3 is 0 Å². The lowest BCUT2D eigenvalue weighted by Crippen LogP contribution is -2.43. The standard InChI is InChI=1S/C15H21NO2/c1-3-13-6-4-5-11-16(13)15(17)12-7-9-14(18-2)10-8-12/h7-10,13H,3-6,11H2,1-2H3/t13-/m0/s1. The van der Waals surface area contributed by atoms with Crippen LogP contribution in [0.4, 0.5) is 0 Å². The molecule has 0 aromatic heterocycles. The summed E-state index contributed by atoms with van der Waals surface area (Å²) in [4.78, 5) is 14.5. The van der Waals surface area contributed by atoms with Crippen LogP contribution in [0.15, 0.2) is 24.3 Å². The molecule has 3 heteroatoms. The van der Waals surface area contributed by atoms with Crippen LogP contribution in [0.2, 0.25) is 0 Å². The van der Waals surface area contributed by atoms with Crippen LogP contribution >= 0.6 is 0 Å². The molecule has 18 heavy (non-hydrogen) atoms. The number of carbonyl (C=O) groups is 1. The van der Waals surface area contributed by atoms with Crippen molar-refractivity contribution in [1.29, 1.82) is 0 Å². The average Bonchev–Trinajstić information content (AvgIpc) is 2.46. The maximum atomic E-state index is 12.5. The van der Waals surface area contributed by atoms with E-state index in [-0.39, 0.29) is 5.91 Å². The van der Waals surface area contributed by atoms with Crippen LogP contribution in [-0.4, -0.2) is 30.5 Å². The Bertz CT molecular complexity index is 399. The summed E-state index contributed by atoms with van der Waals surface area (Å²) in [5.41, 5.74) is 0.760. The van der Waals surface area contributed by atoms with Gasteiger partial charge in [-0.3, -0.25) is 4.79 Å². The molecule has 0 bridgehead atoms. The van der Waals surface area contributed by atoms with Crippen LogP contribution < -0.4 is 4.74 Å². The van der Waals surface area contributed by atoms with E-state index in [0.717, 1.165) is 37.1 Å². The molecule has 1 aliphatic rings. The summed E-state index contributed by atoms with van der Waals surface area (Å²) in [6.07, 6.45) is 4.55. The maximum Gasteiger partial charge on any atom is 0.254 e. The van der Waals surface area contributed by atoms with Crippen molar-refractivity contribution in [2.45, 2.75) is 38.6 Å². The summed E-state index contributed by atoms with van der Waals surface area (Å²) in [6.45, 7) is 3.05. The van der Waals surface area contributed by atoms with Gasteiger partial charge in [0, 0.05) is 18.2 Å². The zero-order valence-electron chi connectivity index (χ0n) is 11.2. The van der Waals surface area contributed by atoms with Crippen molar-refractivity contribution >= 4 is 5.91 Å². The lowest BCUT2D eigenvalue weighted by Gasteiger charge is -2.35. The highest BCUT2D eigenvalue weighted by atomic mass is 16.5. The minimum atomic E-state index is 0.157. The van der Waals surface area contributed by atoms with Gasteiger partial charge < -0.3 is 9.64 Å². The molecule has 0 unspecified atom stereocenters. The van der Waals surface area contributed by atoms with Gasteiger partial charge in [0.25, 0.3) is 5.91 Å². The maximum absolute atomic E-state index is 12.5. The highest BCUT2D eigenvalue weighted by Crippen LogP contribution is 2.22. The molecule has 1 aromatic carbocycles. The summed E-state index contributed by atoms with van der Waals surface area (Å²) < 4.78 is 5.11. The van der Waals surface area contributed by atoms with Crippen molar-refractivity contribution in [3.05, 3.63) is 29.8 Å². The number of benzene rings is 1. The molecular weight excluding hydrogens is 226 g/mol. The number of ether oxygens (including phenoxy) is 1. The zero-order chi connectivity index (χ0) is 13.0. The van der Waals surface area contributed by atoms with E-state index in [9.17, 15) is 4.79 Å². The van der Waals surface area contributed by atoms with Gasteiger partial charge in [0.05, 0.1) is 7.11 Å². The summed E-state index contributed by atoms with van der Waals surface area (Å²) in [5, 5.41) is 0. The van der Waals surface area contributed by atoms with Crippen LogP contribution in [0.1, 0.15) is 43.0 Å². The Morgan fingerprint density at radius 1 is 1.33 bits per heavy atom. The third kappa shape index (κ3) is 2.66. The molecule has 0 radical (unpaired) electrons. The van der Waals surface area contributed by atoms with Crippen LogP contribution in [0.3, 0.4) is 0 Å². The Morgan fingerprint density at radius 2 is 2.06 bits per heavy atom. The van der Waals surface area contributed by atoms with E-state index in [1.54, 1.807) is 7.11 Å². The minimum absolute atomic E-state index is 0.157. The SMILES string of the molecule is CC[C@H]1CCCCN1C(=O)c1ccc(OC)cc1. The highest BCUT2D eigenvalue weighted by Gasteiger charge is 2.25. The van der Waals surface area contributed by atoms with E-state index in [0.29, 0.717) is 6.04 Å². The number of rotatable bonds is 3.